The fourth-order valence-corrected chi connectivity index (χ4v) is 4.47. The standard InChI is InChI=1S/C26H25N3O3/c1-17-9-13-20(14-10-17)28-25(30)22-23(18-11-15-19(16-12-18)27(2)3)29(32-24(22)26(28)31)21-7-5-4-6-8-21/h4-16,22-24H,1-3H3/t22-,23-,24-/m0/s1. The highest BCUT2D eigenvalue weighted by molar-refractivity contribution is 6.23. The van der Waals surface area contributed by atoms with Crippen molar-refractivity contribution in [3.05, 3.63) is 90.0 Å². The van der Waals surface area contributed by atoms with Gasteiger partial charge in [-0.25, -0.2) is 9.96 Å². The van der Waals surface area contributed by atoms with Crippen molar-refractivity contribution in [2.24, 2.45) is 5.92 Å². The molecule has 6 heteroatoms. The number of imide groups is 1. The van der Waals surface area contributed by atoms with Crippen molar-refractivity contribution in [3.8, 4) is 0 Å². The maximum absolute atomic E-state index is 13.6. The number of amides is 2. The zero-order valence-electron chi connectivity index (χ0n) is 18.3. The molecule has 0 aliphatic carbocycles. The van der Waals surface area contributed by atoms with Gasteiger partial charge in [-0.3, -0.25) is 14.4 Å². The van der Waals surface area contributed by atoms with E-state index in [1.165, 1.54) is 4.90 Å². The minimum atomic E-state index is -0.859. The van der Waals surface area contributed by atoms with Crippen LogP contribution in [0.15, 0.2) is 78.9 Å². The number of aryl methyl sites for hydroxylation is 1. The number of anilines is 3. The zero-order chi connectivity index (χ0) is 22.4. The van der Waals surface area contributed by atoms with Crippen LogP contribution < -0.4 is 14.9 Å². The van der Waals surface area contributed by atoms with Gasteiger partial charge in [-0.1, -0.05) is 48.0 Å². The molecule has 162 valence electrons. The van der Waals surface area contributed by atoms with Gasteiger partial charge < -0.3 is 4.90 Å². The van der Waals surface area contributed by atoms with E-state index in [0.717, 1.165) is 22.5 Å². The molecule has 3 aromatic carbocycles. The van der Waals surface area contributed by atoms with Crippen LogP contribution in [-0.4, -0.2) is 32.0 Å². The Balaban J connectivity index is 1.56. The average Bonchev–Trinajstić information content (AvgIpc) is 3.31. The lowest BCUT2D eigenvalue weighted by Gasteiger charge is -2.29. The first-order chi connectivity index (χ1) is 15.5. The number of para-hydroxylation sites is 1. The Kier molecular flexibility index (Phi) is 4.94. The molecule has 2 heterocycles. The van der Waals surface area contributed by atoms with Crippen molar-refractivity contribution in [1.29, 1.82) is 0 Å². The fraction of sp³-hybridized carbons (Fsp3) is 0.231. The minimum absolute atomic E-state index is 0.232. The fourth-order valence-electron chi connectivity index (χ4n) is 4.47. The molecule has 2 saturated heterocycles. The monoisotopic (exact) mass is 427 g/mol. The minimum Gasteiger partial charge on any atom is -0.378 e. The number of carbonyl (C=O) groups excluding carboxylic acids is 2. The molecule has 6 nitrogen and oxygen atoms in total. The number of benzene rings is 3. The highest BCUT2D eigenvalue weighted by atomic mass is 16.7. The molecule has 0 spiro atoms. The lowest BCUT2D eigenvalue weighted by molar-refractivity contribution is -0.126. The molecule has 3 atom stereocenters. The van der Waals surface area contributed by atoms with E-state index in [0.29, 0.717) is 5.69 Å². The molecule has 2 fully saturated rings. The number of fused-ring (bicyclic) bond motifs is 1. The van der Waals surface area contributed by atoms with Crippen LogP contribution >= 0.6 is 0 Å². The molecule has 0 bridgehead atoms. The van der Waals surface area contributed by atoms with Crippen molar-refractivity contribution in [2.75, 3.05) is 29.0 Å². The number of nitrogens with zero attached hydrogens (tertiary/aromatic N) is 3. The van der Waals surface area contributed by atoms with Gasteiger partial charge in [0, 0.05) is 19.8 Å². The molecule has 32 heavy (non-hydrogen) atoms. The van der Waals surface area contributed by atoms with Gasteiger partial charge in [0.25, 0.3) is 5.91 Å². The van der Waals surface area contributed by atoms with Gasteiger partial charge in [0.1, 0.15) is 5.92 Å². The Bertz CT molecular complexity index is 1140. The van der Waals surface area contributed by atoms with Crippen molar-refractivity contribution in [1.82, 2.24) is 0 Å². The van der Waals surface area contributed by atoms with Gasteiger partial charge in [0.2, 0.25) is 5.91 Å². The number of carbonyl (C=O) groups is 2. The van der Waals surface area contributed by atoms with E-state index >= 15 is 0 Å². The summed E-state index contributed by atoms with van der Waals surface area (Å²) in [5.74, 6) is -1.18. The van der Waals surface area contributed by atoms with E-state index in [1.54, 1.807) is 5.06 Å². The molecule has 2 aliphatic heterocycles. The number of rotatable bonds is 4. The molecule has 0 unspecified atom stereocenters. The summed E-state index contributed by atoms with van der Waals surface area (Å²) >= 11 is 0. The summed E-state index contributed by atoms with van der Waals surface area (Å²) in [6, 6.07) is 24.7. The first-order valence-electron chi connectivity index (χ1n) is 10.7. The molecule has 2 amide bonds. The summed E-state index contributed by atoms with van der Waals surface area (Å²) in [7, 11) is 3.97. The summed E-state index contributed by atoms with van der Waals surface area (Å²) in [5.41, 5.74) is 4.45. The number of hydrogen-bond donors (Lipinski definition) is 0. The summed E-state index contributed by atoms with van der Waals surface area (Å²) in [6.07, 6.45) is -0.859. The van der Waals surface area contributed by atoms with E-state index in [1.807, 2.05) is 105 Å². The SMILES string of the molecule is Cc1ccc(N2C(=O)[C@@H]3[C@H](ON(c4ccccc4)[C@H]3c3ccc(N(C)C)cc3)C2=O)cc1. The van der Waals surface area contributed by atoms with E-state index in [4.69, 9.17) is 4.84 Å². The number of hydroxylamine groups is 1. The largest absolute Gasteiger partial charge is 0.378 e. The smallest absolute Gasteiger partial charge is 0.266 e. The Hall–Kier alpha value is -3.64. The number of hydrogen-bond acceptors (Lipinski definition) is 5. The summed E-state index contributed by atoms with van der Waals surface area (Å²) in [6.45, 7) is 1.97. The second-order valence-corrected chi connectivity index (χ2v) is 8.49. The molecular formula is C26H25N3O3. The maximum atomic E-state index is 13.6. The Labute approximate surface area is 187 Å². The van der Waals surface area contributed by atoms with E-state index < -0.39 is 18.1 Å². The van der Waals surface area contributed by atoms with Crippen molar-refractivity contribution < 1.29 is 14.4 Å². The molecule has 0 aromatic heterocycles. The van der Waals surface area contributed by atoms with E-state index in [-0.39, 0.29) is 11.8 Å². The molecule has 0 N–H and O–H groups in total. The topological polar surface area (TPSA) is 53.1 Å². The van der Waals surface area contributed by atoms with Crippen LogP contribution in [0.2, 0.25) is 0 Å². The first-order valence-corrected chi connectivity index (χ1v) is 10.7. The predicted molar refractivity (Wildman–Crippen MR) is 124 cm³/mol. The molecule has 0 radical (unpaired) electrons. The molecule has 5 rings (SSSR count). The van der Waals surface area contributed by atoms with Crippen LogP contribution in [0.4, 0.5) is 17.1 Å². The van der Waals surface area contributed by atoms with Crippen LogP contribution in [0.3, 0.4) is 0 Å². The molecule has 3 aromatic rings. The van der Waals surface area contributed by atoms with Crippen LogP contribution in [-0.2, 0) is 14.4 Å². The normalized spacial score (nSPS) is 22.4. The van der Waals surface area contributed by atoms with Crippen LogP contribution in [0.5, 0.6) is 0 Å². The third-order valence-corrected chi connectivity index (χ3v) is 6.17. The molecular weight excluding hydrogens is 402 g/mol. The first kappa shape index (κ1) is 20.3. The third kappa shape index (κ3) is 3.24. The van der Waals surface area contributed by atoms with Crippen molar-refractivity contribution >= 4 is 28.9 Å². The molecule has 0 saturated carbocycles. The van der Waals surface area contributed by atoms with Crippen LogP contribution in [0.1, 0.15) is 17.2 Å². The van der Waals surface area contributed by atoms with Gasteiger partial charge in [-0.05, 0) is 48.9 Å². The summed E-state index contributed by atoms with van der Waals surface area (Å²) < 4.78 is 0. The van der Waals surface area contributed by atoms with Gasteiger partial charge in [0.15, 0.2) is 6.10 Å². The average molecular weight is 428 g/mol. The van der Waals surface area contributed by atoms with Crippen LogP contribution in [0.25, 0.3) is 0 Å². The summed E-state index contributed by atoms with van der Waals surface area (Å²) in [4.78, 5) is 36.4. The van der Waals surface area contributed by atoms with E-state index in [9.17, 15) is 9.59 Å². The Morgan fingerprint density at radius 1 is 0.781 bits per heavy atom. The summed E-state index contributed by atoms with van der Waals surface area (Å²) in [5, 5.41) is 1.72. The van der Waals surface area contributed by atoms with Crippen LogP contribution in [0, 0.1) is 12.8 Å². The highest BCUT2D eigenvalue weighted by Gasteiger charge is 2.60. The second kappa shape index (κ2) is 7.80. The van der Waals surface area contributed by atoms with Gasteiger partial charge in [-0.15, -0.1) is 0 Å². The van der Waals surface area contributed by atoms with Crippen molar-refractivity contribution in [2.45, 2.75) is 19.1 Å². The Morgan fingerprint density at radius 3 is 2.06 bits per heavy atom. The third-order valence-electron chi connectivity index (χ3n) is 6.17. The highest BCUT2D eigenvalue weighted by Crippen LogP contribution is 2.47. The lowest BCUT2D eigenvalue weighted by Crippen LogP contribution is -2.37. The van der Waals surface area contributed by atoms with Gasteiger partial charge in [0.05, 0.1) is 17.4 Å². The second-order valence-electron chi connectivity index (χ2n) is 8.49. The predicted octanol–water partition coefficient (Wildman–Crippen LogP) is 4.11. The van der Waals surface area contributed by atoms with Gasteiger partial charge in [-0.2, -0.15) is 0 Å². The van der Waals surface area contributed by atoms with E-state index in [2.05, 4.69) is 0 Å². The maximum Gasteiger partial charge on any atom is 0.266 e. The Morgan fingerprint density at radius 2 is 1.44 bits per heavy atom. The zero-order valence-corrected chi connectivity index (χ0v) is 18.3. The lowest BCUT2D eigenvalue weighted by atomic mass is 9.90. The molecule has 2 aliphatic rings. The van der Waals surface area contributed by atoms with Crippen molar-refractivity contribution in [3.63, 3.8) is 0 Å². The quantitative estimate of drug-likeness (QED) is 0.587. The van der Waals surface area contributed by atoms with Gasteiger partial charge >= 0.3 is 0 Å².